The summed E-state index contributed by atoms with van der Waals surface area (Å²) in [6.45, 7) is 2.47. The van der Waals surface area contributed by atoms with Crippen molar-refractivity contribution in [2.24, 2.45) is 0 Å². The van der Waals surface area contributed by atoms with Crippen LogP contribution >= 0.6 is 11.6 Å². The predicted molar refractivity (Wildman–Crippen MR) is 109 cm³/mol. The maximum absolute atomic E-state index is 12.4. The van der Waals surface area contributed by atoms with E-state index in [1.54, 1.807) is 18.2 Å². The molecule has 144 valence electrons. The summed E-state index contributed by atoms with van der Waals surface area (Å²) in [4.78, 5) is 20.8. The summed E-state index contributed by atoms with van der Waals surface area (Å²) >= 11 is 6.07. The molecule has 1 aromatic heterocycles. The highest BCUT2D eigenvalue weighted by atomic mass is 35.5. The van der Waals surface area contributed by atoms with Crippen molar-refractivity contribution >= 4 is 34.7 Å². The first kappa shape index (κ1) is 19.4. The maximum Gasteiger partial charge on any atom is 0.275 e. The Balaban J connectivity index is 1.68. The number of hydrogen-bond acceptors (Lipinski definition) is 6. The average molecular weight is 399 g/mol. The van der Waals surface area contributed by atoms with Crippen LogP contribution in [0.5, 0.6) is 11.5 Å². The van der Waals surface area contributed by atoms with E-state index in [-0.39, 0.29) is 5.69 Å². The van der Waals surface area contributed by atoms with Gasteiger partial charge in [0.1, 0.15) is 23.0 Å². The topological polar surface area (TPSA) is 85.4 Å². The summed E-state index contributed by atoms with van der Waals surface area (Å²) in [6.07, 6.45) is 2.88. The number of anilines is 3. The molecule has 0 aliphatic rings. The smallest absolute Gasteiger partial charge is 0.275 e. The van der Waals surface area contributed by atoms with E-state index in [1.165, 1.54) is 19.5 Å². The van der Waals surface area contributed by atoms with E-state index < -0.39 is 5.91 Å². The van der Waals surface area contributed by atoms with Crippen molar-refractivity contribution < 1.29 is 14.3 Å². The summed E-state index contributed by atoms with van der Waals surface area (Å²) in [5.74, 6) is 1.35. The molecule has 0 unspecified atom stereocenters. The summed E-state index contributed by atoms with van der Waals surface area (Å²) in [5, 5.41) is 6.26. The Hall–Kier alpha value is -3.32. The van der Waals surface area contributed by atoms with E-state index in [9.17, 15) is 4.79 Å². The van der Waals surface area contributed by atoms with Gasteiger partial charge >= 0.3 is 0 Å². The predicted octanol–water partition coefficient (Wildman–Crippen LogP) is 4.53. The molecule has 0 fully saturated rings. The van der Waals surface area contributed by atoms with E-state index in [4.69, 9.17) is 21.1 Å². The average Bonchev–Trinajstić information content (AvgIpc) is 2.70. The van der Waals surface area contributed by atoms with E-state index in [0.717, 1.165) is 5.69 Å². The monoisotopic (exact) mass is 398 g/mol. The van der Waals surface area contributed by atoms with E-state index >= 15 is 0 Å². The molecule has 0 spiro atoms. The third-order valence-electron chi connectivity index (χ3n) is 3.74. The minimum atomic E-state index is -0.394. The molecule has 0 saturated heterocycles. The highest BCUT2D eigenvalue weighted by Crippen LogP contribution is 2.28. The number of ether oxygens (including phenoxy) is 2. The molecule has 7 nitrogen and oxygen atoms in total. The van der Waals surface area contributed by atoms with Gasteiger partial charge in [0.2, 0.25) is 0 Å². The Labute approximate surface area is 167 Å². The van der Waals surface area contributed by atoms with Gasteiger partial charge in [-0.3, -0.25) is 4.79 Å². The van der Waals surface area contributed by atoms with Crippen molar-refractivity contribution in [1.82, 2.24) is 9.97 Å². The Morgan fingerprint density at radius 3 is 2.61 bits per heavy atom. The highest BCUT2D eigenvalue weighted by molar-refractivity contribution is 6.32. The van der Waals surface area contributed by atoms with E-state index in [1.807, 2.05) is 31.2 Å². The molecule has 1 heterocycles. The quantitative estimate of drug-likeness (QED) is 0.608. The van der Waals surface area contributed by atoms with Gasteiger partial charge in [-0.1, -0.05) is 23.7 Å². The number of para-hydroxylation sites is 2. The van der Waals surface area contributed by atoms with Crippen LogP contribution in [0.25, 0.3) is 0 Å². The van der Waals surface area contributed by atoms with Crippen molar-refractivity contribution in [2.75, 3.05) is 24.4 Å². The minimum absolute atomic E-state index is 0.176. The zero-order valence-corrected chi connectivity index (χ0v) is 16.2. The van der Waals surface area contributed by atoms with Crippen LogP contribution in [-0.4, -0.2) is 29.6 Å². The van der Waals surface area contributed by atoms with Crippen molar-refractivity contribution in [3.63, 3.8) is 0 Å². The van der Waals surface area contributed by atoms with Crippen LogP contribution in [0.15, 0.2) is 54.9 Å². The number of rotatable bonds is 7. The van der Waals surface area contributed by atoms with Gasteiger partial charge in [0, 0.05) is 5.69 Å². The number of nitrogens with zero attached hydrogens (tertiary/aromatic N) is 2. The molecule has 0 bridgehead atoms. The van der Waals surface area contributed by atoms with Crippen LogP contribution in [0.4, 0.5) is 17.2 Å². The number of nitrogens with one attached hydrogen (secondary N) is 2. The number of aromatic nitrogens is 2. The van der Waals surface area contributed by atoms with Gasteiger partial charge in [-0.15, -0.1) is 0 Å². The van der Waals surface area contributed by atoms with Gasteiger partial charge in [0.15, 0.2) is 0 Å². The zero-order chi connectivity index (χ0) is 19.9. The molecule has 0 radical (unpaired) electrons. The summed E-state index contributed by atoms with van der Waals surface area (Å²) in [6, 6.07) is 12.5. The van der Waals surface area contributed by atoms with Crippen LogP contribution in [-0.2, 0) is 0 Å². The number of carbonyl (C=O) groups is 1. The molecule has 3 rings (SSSR count). The fourth-order valence-electron chi connectivity index (χ4n) is 2.44. The molecule has 2 aromatic carbocycles. The number of methoxy groups -OCH3 is 1. The highest BCUT2D eigenvalue weighted by Gasteiger charge is 2.11. The molecular weight excluding hydrogens is 380 g/mol. The molecular formula is C20H19ClN4O3. The van der Waals surface area contributed by atoms with Crippen LogP contribution in [0.3, 0.4) is 0 Å². The van der Waals surface area contributed by atoms with Crippen LogP contribution < -0.4 is 20.1 Å². The van der Waals surface area contributed by atoms with Crippen molar-refractivity contribution in [1.29, 1.82) is 0 Å². The number of halogens is 1. The lowest BCUT2D eigenvalue weighted by Crippen LogP contribution is -2.14. The van der Waals surface area contributed by atoms with Gasteiger partial charge in [-0.05, 0) is 37.3 Å². The molecule has 0 aliphatic heterocycles. The van der Waals surface area contributed by atoms with Crippen LogP contribution in [0.1, 0.15) is 17.4 Å². The third-order valence-corrected chi connectivity index (χ3v) is 4.04. The first-order valence-electron chi connectivity index (χ1n) is 8.56. The molecule has 28 heavy (non-hydrogen) atoms. The third kappa shape index (κ3) is 4.69. The fourth-order valence-corrected chi connectivity index (χ4v) is 2.70. The second-order valence-corrected chi connectivity index (χ2v) is 6.05. The molecule has 8 heteroatoms. The Bertz CT molecular complexity index is 964. The lowest BCUT2D eigenvalue weighted by Gasteiger charge is -2.11. The summed E-state index contributed by atoms with van der Waals surface area (Å²) in [7, 11) is 1.53. The normalized spacial score (nSPS) is 10.2. The Morgan fingerprint density at radius 2 is 1.93 bits per heavy atom. The molecule has 3 aromatic rings. The second kappa shape index (κ2) is 9.05. The van der Waals surface area contributed by atoms with Crippen LogP contribution in [0, 0.1) is 0 Å². The Kier molecular flexibility index (Phi) is 6.29. The standard InChI is InChI=1S/C20H19ClN4O3/c1-3-28-18-7-5-4-6-15(18)25-19-12-22-16(11-23-19)20(26)24-13-8-9-17(27-2)14(21)10-13/h4-12H,3H2,1-2H3,(H,23,25)(H,24,26). The SMILES string of the molecule is CCOc1ccccc1Nc1cnc(C(=O)Nc2ccc(OC)c(Cl)c2)cn1. The first-order chi connectivity index (χ1) is 13.6. The maximum atomic E-state index is 12.4. The summed E-state index contributed by atoms with van der Waals surface area (Å²) < 4.78 is 10.7. The van der Waals surface area contributed by atoms with Gasteiger partial charge < -0.3 is 20.1 Å². The number of carbonyl (C=O) groups excluding carboxylic acids is 1. The summed E-state index contributed by atoms with van der Waals surface area (Å²) in [5.41, 5.74) is 1.48. The molecule has 2 N–H and O–H groups in total. The van der Waals surface area contributed by atoms with Crippen LogP contribution in [0.2, 0.25) is 5.02 Å². The van der Waals surface area contributed by atoms with E-state index in [0.29, 0.717) is 34.6 Å². The van der Waals surface area contributed by atoms with Crippen molar-refractivity contribution in [3.8, 4) is 11.5 Å². The van der Waals surface area contributed by atoms with E-state index in [2.05, 4.69) is 20.6 Å². The van der Waals surface area contributed by atoms with Gasteiger partial charge in [-0.25, -0.2) is 9.97 Å². The number of amides is 1. The van der Waals surface area contributed by atoms with Crippen molar-refractivity contribution in [2.45, 2.75) is 6.92 Å². The Morgan fingerprint density at radius 1 is 1.11 bits per heavy atom. The second-order valence-electron chi connectivity index (χ2n) is 5.64. The molecule has 0 atom stereocenters. The molecule has 1 amide bonds. The van der Waals surface area contributed by atoms with Gasteiger partial charge in [0.25, 0.3) is 5.91 Å². The molecule has 0 saturated carbocycles. The first-order valence-corrected chi connectivity index (χ1v) is 8.94. The van der Waals surface area contributed by atoms with Gasteiger partial charge in [-0.2, -0.15) is 0 Å². The fraction of sp³-hybridized carbons (Fsp3) is 0.150. The molecule has 0 aliphatic carbocycles. The lowest BCUT2D eigenvalue weighted by atomic mass is 10.3. The lowest BCUT2D eigenvalue weighted by molar-refractivity contribution is 0.102. The zero-order valence-electron chi connectivity index (χ0n) is 15.4. The number of benzene rings is 2. The minimum Gasteiger partial charge on any atom is -0.495 e. The van der Waals surface area contributed by atoms with Crippen molar-refractivity contribution in [3.05, 3.63) is 65.6 Å². The van der Waals surface area contributed by atoms with Gasteiger partial charge in [0.05, 0.1) is 36.8 Å². The number of hydrogen-bond donors (Lipinski definition) is 2. The largest absolute Gasteiger partial charge is 0.495 e.